The molecule has 0 radical (unpaired) electrons. The van der Waals surface area contributed by atoms with E-state index in [0.29, 0.717) is 17.6 Å². The van der Waals surface area contributed by atoms with Gasteiger partial charge in [0.2, 0.25) is 5.91 Å². The lowest BCUT2D eigenvalue weighted by Crippen LogP contribution is -2.49. The first-order valence-electron chi connectivity index (χ1n) is 7.51. The number of hydrogen-bond donors (Lipinski definition) is 0. The fraction of sp³-hybridized carbons (Fsp3) is 0.867. The fourth-order valence-electron chi connectivity index (χ4n) is 3.78. The molecule has 1 saturated heterocycles. The largest absolute Gasteiger partial charge is 0.339 e. The number of ketones is 1. The van der Waals surface area contributed by atoms with Crippen LogP contribution in [-0.4, -0.2) is 29.2 Å². The molecule has 4 unspecified atom stereocenters. The van der Waals surface area contributed by atoms with E-state index >= 15 is 0 Å². The molecule has 1 heterocycles. The van der Waals surface area contributed by atoms with E-state index in [0.717, 1.165) is 45.1 Å². The molecule has 0 aromatic heterocycles. The van der Waals surface area contributed by atoms with Gasteiger partial charge in [0, 0.05) is 30.8 Å². The van der Waals surface area contributed by atoms with E-state index in [-0.39, 0.29) is 17.9 Å². The molecule has 100 valence electrons. The minimum Gasteiger partial charge on any atom is -0.339 e. The van der Waals surface area contributed by atoms with Gasteiger partial charge < -0.3 is 4.90 Å². The summed E-state index contributed by atoms with van der Waals surface area (Å²) in [6.07, 6.45) is 7.17. The normalized spacial score (nSPS) is 40.1. The zero-order chi connectivity index (χ0) is 12.7. The van der Waals surface area contributed by atoms with Gasteiger partial charge in [-0.1, -0.05) is 6.92 Å². The molecule has 2 aliphatic carbocycles. The molecule has 3 heteroatoms. The Morgan fingerprint density at radius 1 is 1.22 bits per heavy atom. The summed E-state index contributed by atoms with van der Waals surface area (Å²) in [5.41, 5.74) is 0. The topological polar surface area (TPSA) is 37.4 Å². The van der Waals surface area contributed by atoms with Gasteiger partial charge in [-0.2, -0.15) is 0 Å². The van der Waals surface area contributed by atoms with Gasteiger partial charge >= 0.3 is 0 Å². The van der Waals surface area contributed by atoms with Crippen LogP contribution in [0.4, 0.5) is 0 Å². The molecule has 3 nitrogen and oxygen atoms in total. The van der Waals surface area contributed by atoms with Crippen LogP contribution in [-0.2, 0) is 9.59 Å². The number of carbonyl (C=O) groups excluding carboxylic acids is 2. The van der Waals surface area contributed by atoms with E-state index in [9.17, 15) is 9.59 Å². The maximum atomic E-state index is 12.5. The lowest BCUT2D eigenvalue weighted by atomic mass is 9.88. The van der Waals surface area contributed by atoms with Gasteiger partial charge in [0.1, 0.15) is 5.78 Å². The van der Waals surface area contributed by atoms with Crippen molar-refractivity contribution in [3.8, 4) is 0 Å². The number of likely N-dealkylation sites (tertiary alicyclic amines) is 1. The van der Waals surface area contributed by atoms with E-state index in [4.69, 9.17) is 0 Å². The van der Waals surface area contributed by atoms with Crippen molar-refractivity contribution in [1.82, 2.24) is 4.90 Å². The van der Waals surface area contributed by atoms with E-state index in [1.807, 2.05) is 0 Å². The molecule has 18 heavy (non-hydrogen) atoms. The summed E-state index contributed by atoms with van der Waals surface area (Å²) in [5, 5.41) is 0. The SMILES string of the molecule is CC1CC1C(=O)N1CCCCC1C1CCCC1=O. The quantitative estimate of drug-likeness (QED) is 0.753. The summed E-state index contributed by atoms with van der Waals surface area (Å²) in [7, 11) is 0. The van der Waals surface area contributed by atoms with Gasteiger partial charge in [0.25, 0.3) is 0 Å². The lowest BCUT2D eigenvalue weighted by Gasteiger charge is -2.39. The maximum absolute atomic E-state index is 12.5. The average molecular weight is 249 g/mol. The Morgan fingerprint density at radius 3 is 2.61 bits per heavy atom. The molecule has 2 saturated carbocycles. The Balaban J connectivity index is 1.73. The highest BCUT2D eigenvalue weighted by Crippen LogP contribution is 2.42. The van der Waals surface area contributed by atoms with Crippen molar-refractivity contribution < 1.29 is 9.59 Å². The van der Waals surface area contributed by atoms with E-state index in [1.54, 1.807) is 0 Å². The Labute approximate surface area is 109 Å². The summed E-state index contributed by atoms with van der Waals surface area (Å²) < 4.78 is 0. The van der Waals surface area contributed by atoms with Crippen LogP contribution < -0.4 is 0 Å². The third-order valence-corrected chi connectivity index (χ3v) is 5.08. The number of rotatable bonds is 2. The first-order chi connectivity index (χ1) is 8.68. The minimum absolute atomic E-state index is 0.156. The molecule has 0 aromatic rings. The Hall–Kier alpha value is -0.860. The fourth-order valence-corrected chi connectivity index (χ4v) is 3.78. The van der Waals surface area contributed by atoms with E-state index in [2.05, 4.69) is 11.8 Å². The minimum atomic E-state index is 0.156. The second kappa shape index (κ2) is 4.67. The molecule has 0 spiro atoms. The van der Waals surface area contributed by atoms with Crippen molar-refractivity contribution in [2.24, 2.45) is 17.8 Å². The monoisotopic (exact) mass is 249 g/mol. The smallest absolute Gasteiger partial charge is 0.226 e. The molecular weight excluding hydrogens is 226 g/mol. The molecule has 3 aliphatic rings. The van der Waals surface area contributed by atoms with Crippen LogP contribution in [0.5, 0.6) is 0 Å². The molecule has 1 aliphatic heterocycles. The Morgan fingerprint density at radius 2 is 2.00 bits per heavy atom. The van der Waals surface area contributed by atoms with Crippen LogP contribution in [0.3, 0.4) is 0 Å². The predicted molar refractivity (Wildman–Crippen MR) is 69.0 cm³/mol. The van der Waals surface area contributed by atoms with Crippen LogP contribution in [0.25, 0.3) is 0 Å². The Kier molecular flexibility index (Phi) is 3.16. The molecule has 0 aromatic carbocycles. The van der Waals surface area contributed by atoms with E-state index in [1.165, 1.54) is 6.42 Å². The zero-order valence-electron chi connectivity index (χ0n) is 11.2. The highest BCUT2D eigenvalue weighted by molar-refractivity contribution is 5.86. The average Bonchev–Trinajstić information content (AvgIpc) is 2.95. The molecule has 0 bridgehead atoms. The van der Waals surface area contributed by atoms with Gasteiger partial charge in [0.05, 0.1) is 0 Å². The number of hydrogen-bond acceptors (Lipinski definition) is 2. The van der Waals surface area contributed by atoms with Crippen molar-refractivity contribution in [2.75, 3.05) is 6.54 Å². The van der Waals surface area contributed by atoms with Crippen LogP contribution >= 0.6 is 0 Å². The van der Waals surface area contributed by atoms with Crippen molar-refractivity contribution >= 4 is 11.7 Å². The van der Waals surface area contributed by atoms with Crippen LogP contribution in [0, 0.1) is 17.8 Å². The van der Waals surface area contributed by atoms with Crippen molar-refractivity contribution in [2.45, 2.75) is 57.9 Å². The predicted octanol–water partition coefficient (Wildman–Crippen LogP) is 2.39. The van der Waals surface area contributed by atoms with Gasteiger partial charge in [0.15, 0.2) is 0 Å². The van der Waals surface area contributed by atoms with Crippen LogP contribution in [0.15, 0.2) is 0 Å². The van der Waals surface area contributed by atoms with Crippen molar-refractivity contribution in [1.29, 1.82) is 0 Å². The summed E-state index contributed by atoms with van der Waals surface area (Å²) >= 11 is 0. The van der Waals surface area contributed by atoms with Gasteiger partial charge in [-0.15, -0.1) is 0 Å². The highest BCUT2D eigenvalue weighted by Gasteiger charge is 2.46. The number of amides is 1. The third kappa shape index (κ3) is 2.08. The zero-order valence-corrected chi connectivity index (χ0v) is 11.2. The first-order valence-corrected chi connectivity index (χ1v) is 7.51. The lowest BCUT2D eigenvalue weighted by molar-refractivity contribution is -0.139. The molecule has 0 N–H and O–H groups in total. The number of Topliss-reactive ketones (excluding diaryl/α,β-unsaturated/α-hetero) is 1. The number of piperidine rings is 1. The number of carbonyl (C=O) groups is 2. The molecular formula is C15H23NO2. The first kappa shape index (κ1) is 12.2. The molecule has 3 rings (SSSR count). The Bertz CT molecular complexity index is 366. The molecule has 4 atom stereocenters. The van der Waals surface area contributed by atoms with Crippen molar-refractivity contribution in [3.63, 3.8) is 0 Å². The summed E-state index contributed by atoms with van der Waals surface area (Å²) in [6.45, 7) is 3.04. The van der Waals surface area contributed by atoms with Gasteiger partial charge in [-0.25, -0.2) is 0 Å². The molecule has 1 amide bonds. The summed E-state index contributed by atoms with van der Waals surface area (Å²) in [4.78, 5) is 26.5. The standard InChI is InChI=1S/C15H23NO2/c1-10-9-12(10)15(18)16-8-3-2-6-13(16)11-5-4-7-14(11)17/h10-13H,2-9H2,1H3. The van der Waals surface area contributed by atoms with Gasteiger partial charge in [-0.3, -0.25) is 9.59 Å². The van der Waals surface area contributed by atoms with E-state index < -0.39 is 0 Å². The maximum Gasteiger partial charge on any atom is 0.226 e. The summed E-state index contributed by atoms with van der Waals surface area (Å²) in [5.74, 6) is 1.74. The molecule has 3 fully saturated rings. The highest BCUT2D eigenvalue weighted by atomic mass is 16.2. The second-order valence-corrected chi connectivity index (χ2v) is 6.38. The third-order valence-electron chi connectivity index (χ3n) is 5.08. The van der Waals surface area contributed by atoms with Crippen molar-refractivity contribution in [3.05, 3.63) is 0 Å². The van der Waals surface area contributed by atoms with Crippen LogP contribution in [0.2, 0.25) is 0 Å². The van der Waals surface area contributed by atoms with Crippen LogP contribution in [0.1, 0.15) is 51.9 Å². The van der Waals surface area contributed by atoms with Gasteiger partial charge in [-0.05, 0) is 44.4 Å². The summed E-state index contributed by atoms with van der Waals surface area (Å²) in [6, 6.07) is 0.231. The second-order valence-electron chi connectivity index (χ2n) is 6.38. The number of nitrogens with zero attached hydrogens (tertiary/aromatic N) is 1.